The van der Waals surface area contributed by atoms with Crippen LogP contribution in [0.3, 0.4) is 0 Å². The molecule has 0 aromatic heterocycles. The van der Waals surface area contributed by atoms with Gasteiger partial charge in [0.15, 0.2) is 0 Å². The lowest BCUT2D eigenvalue weighted by Crippen LogP contribution is -2.59. The smallest absolute Gasteiger partial charge is 0.118 e. The van der Waals surface area contributed by atoms with Gasteiger partial charge >= 0.3 is 0 Å². The zero-order valence-electron chi connectivity index (χ0n) is 17.6. The Bertz CT molecular complexity index is 710. The summed E-state index contributed by atoms with van der Waals surface area (Å²) >= 11 is 0. The van der Waals surface area contributed by atoms with Gasteiger partial charge in [0.2, 0.25) is 0 Å². The number of hydrogen-bond acceptors (Lipinski definition) is 4. The lowest BCUT2D eigenvalue weighted by molar-refractivity contribution is -0.0189. The van der Waals surface area contributed by atoms with Crippen LogP contribution in [0.15, 0.2) is 23.4 Å². The molecule has 1 saturated carbocycles. The predicted octanol–water partition coefficient (Wildman–Crippen LogP) is 4.14. The number of fused-ring (bicyclic) bond motifs is 3. The van der Waals surface area contributed by atoms with E-state index in [4.69, 9.17) is 10.6 Å². The molecular weight excluding hydrogens is 336 g/mol. The van der Waals surface area contributed by atoms with Crippen molar-refractivity contribution in [3.63, 3.8) is 0 Å². The minimum Gasteiger partial charge on any atom is -0.396 e. The summed E-state index contributed by atoms with van der Waals surface area (Å²) in [4.78, 5) is 5.63. The van der Waals surface area contributed by atoms with Crippen LogP contribution in [0.25, 0.3) is 0 Å². The molecule has 1 fully saturated rings. The predicted molar refractivity (Wildman–Crippen MR) is 111 cm³/mol. The first kappa shape index (κ1) is 20.3. The van der Waals surface area contributed by atoms with Gasteiger partial charge in [-0.05, 0) is 67.2 Å². The third-order valence-corrected chi connectivity index (χ3v) is 6.85. The number of aliphatic hydroxyl groups excluding tert-OH is 1. The highest BCUT2D eigenvalue weighted by molar-refractivity contribution is 5.96. The van der Waals surface area contributed by atoms with Crippen LogP contribution in [0.2, 0.25) is 0 Å². The molecule has 150 valence electrons. The molecule has 0 radical (unpaired) electrons. The Kier molecular flexibility index (Phi) is 5.69. The van der Waals surface area contributed by atoms with Crippen molar-refractivity contribution in [1.29, 1.82) is 0 Å². The number of benzene rings is 1. The average molecular weight is 373 g/mol. The summed E-state index contributed by atoms with van der Waals surface area (Å²) in [7, 11) is 0. The first-order valence-electron chi connectivity index (χ1n) is 10.4. The van der Waals surface area contributed by atoms with Gasteiger partial charge in [-0.3, -0.25) is 0 Å². The Morgan fingerprint density at radius 1 is 1.30 bits per heavy atom. The Balaban J connectivity index is 2.09. The van der Waals surface area contributed by atoms with Gasteiger partial charge in [-0.1, -0.05) is 51.0 Å². The van der Waals surface area contributed by atoms with Gasteiger partial charge in [0.05, 0.1) is 11.8 Å². The Labute approximate surface area is 164 Å². The van der Waals surface area contributed by atoms with Crippen molar-refractivity contribution in [2.75, 3.05) is 13.2 Å². The highest BCUT2D eigenvalue weighted by Crippen LogP contribution is 2.56. The third-order valence-electron chi connectivity index (χ3n) is 6.85. The molecule has 0 heterocycles. The number of oxime groups is 1. The average Bonchev–Trinajstić information content (AvgIpc) is 2.59. The molecule has 0 amide bonds. The summed E-state index contributed by atoms with van der Waals surface area (Å²) in [5, 5.41) is 15.8. The van der Waals surface area contributed by atoms with Crippen LogP contribution in [-0.2, 0) is 16.7 Å². The molecule has 0 spiro atoms. The summed E-state index contributed by atoms with van der Waals surface area (Å²) in [6.07, 6.45) is 3.08. The van der Waals surface area contributed by atoms with Crippen molar-refractivity contribution in [1.82, 2.24) is 0 Å². The molecule has 4 nitrogen and oxygen atoms in total. The Hall–Kier alpha value is -1.39. The van der Waals surface area contributed by atoms with E-state index in [9.17, 15) is 5.11 Å². The molecule has 27 heavy (non-hydrogen) atoms. The summed E-state index contributed by atoms with van der Waals surface area (Å²) in [6.45, 7) is 12.4. The van der Waals surface area contributed by atoms with Crippen molar-refractivity contribution < 1.29 is 9.94 Å². The molecule has 1 aromatic carbocycles. The van der Waals surface area contributed by atoms with Gasteiger partial charge in [0, 0.05) is 11.3 Å². The van der Waals surface area contributed by atoms with Crippen molar-refractivity contribution in [2.45, 2.75) is 77.7 Å². The summed E-state index contributed by atoms with van der Waals surface area (Å²) in [5.74, 6) is 0.613. The van der Waals surface area contributed by atoms with E-state index < -0.39 is 0 Å². The minimum atomic E-state index is -0.366. The van der Waals surface area contributed by atoms with Gasteiger partial charge in [-0.2, -0.15) is 0 Å². The SMILES string of the molecule is CC(C)c1ccc2c(c1)CC(O)C1C(C)(C)CCC(=NOCCCN)[C@]21C. The molecular formula is C23H36N2O2. The lowest BCUT2D eigenvalue weighted by atomic mass is 9.48. The van der Waals surface area contributed by atoms with Crippen molar-refractivity contribution >= 4 is 5.71 Å². The molecule has 1 aromatic rings. The molecule has 3 rings (SSSR count). The van der Waals surface area contributed by atoms with Gasteiger partial charge in [-0.15, -0.1) is 0 Å². The maximum absolute atomic E-state index is 11.2. The quantitative estimate of drug-likeness (QED) is 0.603. The molecule has 2 aliphatic carbocycles. The molecule has 0 aliphatic heterocycles. The fourth-order valence-electron chi connectivity index (χ4n) is 5.45. The van der Waals surface area contributed by atoms with Gasteiger partial charge in [0.25, 0.3) is 0 Å². The normalized spacial score (nSPS) is 30.9. The van der Waals surface area contributed by atoms with E-state index >= 15 is 0 Å². The summed E-state index contributed by atoms with van der Waals surface area (Å²) < 4.78 is 0. The Morgan fingerprint density at radius 3 is 2.70 bits per heavy atom. The third kappa shape index (κ3) is 3.54. The van der Waals surface area contributed by atoms with Crippen LogP contribution < -0.4 is 5.73 Å². The van der Waals surface area contributed by atoms with Crippen molar-refractivity contribution in [3.05, 3.63) is 34.9 Å². The maximum atomic E-state index is 11.2. The van der Waals surface area contributed by atoms with Crippen LogP contribution in [-0.4, -0.2) is 30.1 Å². The number of rotatable bonds is 5. The second-order valence-electron chi connectivity index (χ2n) is 9.52. The van der Waals surface area contributed by atoms with E-state index in [0.29, 0.717) is 19.1 Å². The topological polar surface area (TPSA) is 67.8 Å². The van der Waals surface area contributed by atoms with E-state index in [-0.39, 0.29) is 22.9 Å². The summed E-state index contributed by atoms with van der Waals surface area (Å²) in [6, 6.07) is 6.82. The zero-order valence-corrected chi connectivity index (χ0v) is 17.6. The van der Waals surface area contributed by atoms with Crippen molar-refractivity contribution in [3.8, 4) is 0 Å². The van der Waals surface area contributed by atoms with Gasteiger partial charge < -0.3 is 15.7 Å². The monoisotopic (exact) mass is 372 g/mol. The first-order chi connectivity index (χ1) is 12.7. The number of aliphatic hydroxyl groups is 1. The highest BCUT2D eigenvalue weighted by Gasteiger charge is 2.57. The van der Waals surface area contributed by atoms with Crippen LogP contribution >= 0.6 is 0 Å². The van der Waals surface area contributed by atoms with Crippen LogP contribution in [0.1, 0.15) is 76.5 Å². The molecule has 3 atom stereocenters. The number of hydrogen-bond donors (Lipinski definition) is 2. The van der Waals surface area contributed by atoms with Crippen LogP contribution in [0, 0.1) is 11.3 Å². The van der Waals surface area contributed by atoms with E-state index in [2.05, 4.69) is 58.0 Å². The zero-order chi connectivity index (χ0) is 19.8. The first-order valence-corrected chi connectivity index (χ1v) is 10.4. The standard InChI is InChI=1S/C23H36N2O2/c1-15(2)16-7-8-18-17(13-16)14-19(26)21-22(3,4)10-9-20(23(18,21)5)25-27-12-6-11-24/h7-8,13,15,19,21,26H,6,9-12,14,24H2,1-5H3/t19?,21?,23-/m0/s1. The fourth-order valence-corrected chi connectivity index (χ4v) is 5.45. The second kappa shape index (κ2) is 7.56. The van der Waals surface area contributed by atoms with Gasteiger partial charge in [-0.25, -0.2) is 0 Å². The maximum Gasteiger partial charge on any atom is 0.118 e. The lowest BCUT2D eigenvalue weighted by Gasteiger charge is -2.56. The molecule has 3 N–H and O–H groups in total. The van der Waals surface area contributed by atoms with E-state index in [1.54, 1.807) is 0 Å². The molecule has 0 saturated heterocycles. The summed E-state index contributed by atoms with van der Waals surface area (Å²) in [5.41, 5.74) is 10.3. The minimum absolute atomic E-state index is 0.0544. The van der Waals surface area contributed by atoms with E-state index in [1.807, 2.05) is 0 Å². The number of nitrogens with zero attached hydrogens (tertiary/aromatic N) is 1. The fraction of sp³-hybridized carbons (Fsp3) is 0.696. The highest BCUT2D eigenvalue weighted by atomic mass is 16.6. The van der Waals surface area contributed by atoms with Crippen molar-refractivity contribution in [2.24, 2.45) is 22.2 Å². The molecule has 0 bridgehead atoms. The molecule has 2 unspecified atom stereocenters. The molecule has 4 heteroatoms. The number of nitrogens with two attached hydrogens (primary N) is 1. The van der Waals surface area contributed by atoms with Gasteiger partial charge in [0.1, 0.15) is 6.61 Å². The Morgan fingerprint density at radius 2 is 2.04 bits per heavy atom. The van der Waals surface area contributed by atoms with E-state index in [1.165, 1.54) is 16.7 Å². The van der Waals surface area contributed by atoms with E-state index in [0.717, 1.165) is 31.4 Å². The van der Waals surface area contributed by atoms with Crippen LogP contribution in [0.4, 0.5) is 0 Å². The second-order valence-corrected chi connectivity index (χ2v) is 9.52. The molecule has 2 aliphatic rings. The van der Waals surface area contributed by atoms with Crippen LogP contribution in [0.5, 0.6) is 0 Å². The largest absolute Gasteiger partial charge is 0.396 e.